The maximum atomic E-state index is 14.4. The third kappa shape index (κ3) is 17.7. The van der Waals surface area contributed by atoms with E-state index in [1.54, 1.807) is 30.3 Å². The molecule has 22 heteroatoms. The lowest BCUT2D eigenvalue weighted by Crippen LogP contribution is -2.62. The second kappa shape index (κ2) is 28.6. The fourth-order valence-electron chi connectivity index (χ4n) is 8.18. The Hall–Kier alpha value is -6.65. The van der Waals surface area contributed by atoms with Crippen molar-refractivity contribution in [1.29, 1.82) is 0 Å². The zero-order valence-electron chi connectivity index (χ0n) is 39.2. The van der Waals surface area contributed by atoms with Gasteiger partial charge in [0.25, 0.3) is 0 Å². The summed E-state index contributed by atoms with van der Waals surface area (Å²) in [5, 5.41) is 38.9. The first-order chi connectivity index (χ1) is 33.1. The molecule has 15 N–H and O–H groups in total. The lowest BCUT2D eigenvalue weighted by Gasteiger charge is -2.29. The first-order valence-electron chi connectivity index (χ1n) is 23.7. The number of carboxylic acid groups (broad SMARTS) is 1. The molecule has 0 aromatic heterocycles. The fraction of sp³-hybridized carbons (Fsp3) is 0.553. The average Bonchev–Trinajstić information content (AvgIpc) is 4.08. The van der Waals surface area contributed by atoms with E-state index in [0.29, 0.717) is 50.6 Å². The normalized spacial score (nSPS) is 18.0. The van der Waals surface area contributed by atoms with E-state index in [9.17, 15) is 48.6 Å². The van der Waals surface area contributed by atoms with Crippen LogP contribution in [0.1, 0.15) is 82.3 Å². The number of unbranched alkanes of at least 4 members (excludes halogenated alkanes) is 1. The first kappa shape index (κ1) is 55.0. The predicted octanol–water partition coefficient (Wildman–Crippen LogP) is -2.21. The SMILES string of the molecule is CCCC[C@H](NC(=O)[C@H](CO)NC(=O)[C@H](CN)NC(=O)[C@H](CCc1ccccc1)NC(=O)[C@H](Cc1ccccc1)NC(=O)[C@H](CCCN=C(N)N)NC(=O)[C@@H]1CCCN1)C(=O)N1CCC[C@@H]1C(=O)O. The number of hydrogen-bond acceptors (Lipinski definition) is 12. The monoisotopic (exact) mass is 963 g/mol. The molecule has 69 heavy (non-hydrogen) atoms. The molecule has 2 aliphatic rings. The Bertz CT molecular complexity index is 2050. The van der Waals surface area contributed by atoms with Crippen LogP contribution in [0.25, 0.3) is 0 Å². The zero-order valence-corrected chi connectivity index (χ0v) is 39.2. The minimum Gasteiger partial charge on any atom is -0.480 e. The van der Waals surface area contributed by atoms with Crippen molar-refractivity contribution >= 4 is 53.3 Å². The van der Waals surface area contributed by atoms with Crippen LogP contribution in [0.2, 0.25) is 0 Å². The number of guanidine groups is 1. The molecule has 0 unspecified atom stereocenters. The number of amides is 7. The Balaban J connectivity index is 1.53. The molecule has 4 rings (SSSR count). The minimum atomic E-state index is -1.60. The number of nitrogens with two attached hydrogens (primary N) is 3. The van der Waals surface area contributed by atoms with Crippen molar-refractivity contribution < 1.29 is 48.6 Å². The Morgan fingerprint density at radius 3 is 1.84 bits per heavy atom. The molecular weight excluding hydrogens is 893 g/mol. The van der Waals surface area contributed by atoms with E-state index in [2.05, 4.69) is 42.2 Å². The molecule has 0 spiro atoms. The second-order valence-electron chi connectivity index (χ2n) is 17.3. The number of nitrogens with one attached hydrogen (secondary N) is 7. The van der Waals surface area contributed by atoms with E-state index in [-0.39, 0.29) is 57.1 Å². The third-order valence-corrected chi connectivity index (χ3v) is 12.0. The van der Waals surface area contributed by atoms with Crippen LogP contribution in [0, 0.1) is 0 Å². The molecule has 22 nitrogen and oxygen atoms in total. The number of nitrogens with zero attached hydrogens (tertiary/aromatic N) is 2. The van der Waals surface area contributed by atoms with Crippen LogP contribution in [0.15, 0.2) is 65.7 Å². The van der Waals surface area contributed by atoms with Crippen molar-refractivity contribution in [1.82, 2.24) is 42.1 Å². The number of carbonyl (C=O) groups is 8. The quantitative estimate of drug-likeness (QED) is 0.0245. The van der Waals surface area contributed by atoms with Crippen LogP contribution in [-0.2, 0) is 51.2 Å². The van der Waals surface area contributed by atoms with Gasteiger partial charge in [0, 0.05) is 26.1 Å². The molecule has 2 aromatic carbocycles. The zero-order chi connectivity index (χ0) is 50.3. The topological polar surface area (TPSA) is 355 Å². The van der Waals surface area contributed by atoms with Crippen molar-refractivity contribution in [2.45, 2.75) is 132 Å². The van der Waals surface area contributed by atoms with Gasteiger partial charge in [-0.25, -0.2) is 4.79 Å². The maximum absolute atomic E-state index is 14.4. The summed E-state index contributed by atoms with van der Waals surface area (Å²) in [7, 11) is 0. The van der Waals surface area contributed by atoms with E-state index in [1.807, 2.05) is 37.3 Å². The van der Waals surface area contributed by atoms with E-state index in [0.717, 1.165) is 12.0 Å². The van der Waals surface area contributed by atoms with Crippen LogP contribution in [-0.4, -0.2) is 150 Å². The molecule has 0 saturated carbocycles. The van der Waals surface area contributed by atoms with Gasteiger partial charge >= 0.3 is 5.97 Å². The van der Waals surface area contributed by atoms with E-state index >= 15 is 0 Å². The Morgan fingerprint density at radius 1 is 0.696 bits per heavy atom. The molecule has 2 fully saturated rings. The van der Waals surface area contributed by atoms with Gasteiger partial charge in [0.2, 0.25) is 41.4 Å². The highest BCUT2D eigenvalue weighted by molar-refractivity contribution is 5.98. The number of aliphatic hydroxyl groups excluding tert-OH is 1. The number of aryl methyl sites for hydroxylation is 1. The van der Waals surface area contributed by atoms with Gasteiger partial charge in [-0.3, -0.25) is 38.6 Å². The van der Waals surface area contributed by atoms with Crippen molar-refractivity contribution in [3.63, 3.8) is 0 Å². The molecule has 0 bridgehead atoms. The summed E-state index contributed by atoms with van der Waals surface area (Å²) in [6, 6.07) is 8.58. The second-order valence-corrected chi connectivity index (χ2v) is 17.3. The largest absolute Gasteiger partial charge is 0.480 e. The maximum Gasteiger partial charge on any atom is 0.326 e. The summed E-state index contributed by atoms with van der Waals surface area (Å²) in [6.07, 6.45) is 4.24. The third-order valence-electron chi connectivity index (χ3n) is 12.0. The standard InChI is InChI=1S/C47H70N12O10/c1-2-3-17-34(45(67)59-25-12-20-38(59)46(68)69)55-44(66)37(28-60)58-43(65)36(27-48)57-41(63)33(22-21-29-13-6-4-7-14-29)54-42(64)35(26-30-15-8-5-9-16-30)56-40(62)32(19-11-24-52-47(49)50)53-39(61)31-18-10-23-51-31/h4-9,13-16,31-38,51,60H,2-3,10-12,17-28,48H2,1H3,(H,53,61)(H,54,64)(H,55,66)(H,56,62)(H,57,63)(H,58,65)(H,68,69)(H4,49,50,52)/t31-,32-,33-,34-,35-,36-,37-,38+/m0/s1. The van der Waals surface area contributed by atoms with E-state index in [1.165, 1.54) is 4.90 Å². The number of aliphatic hydroxyl groups is 1. The smallest absolute Gasteiger partial charge is 0.326 e. The number of aliphatic carboxylic acids is 1. The predicted molar refractivity (Wildman–Crippen MR) is 255 cm³/mol. The highest BCUT2D eigenvalue weighted by atomic mass is 16.4. The van der Waals surface area contributed by atoms with Crippen molar-refractivity contribution in [2.75, 3.05) is 32.8 Å². The van der Waals surface area contributed by atoms with Gasteiger partial charge in [-0.2, -0.15) is 0 Å². The average molecular weight is 963 g/mol. The number of aliphatic imine (C=N–C) groups is 1. The summed E-state index contributed by atoms with van der Waals surface area (Å²) in [4.78, 5) is 114. The van der Waals surface area contributed by atoms with Gasteiger partial charge in [-0.1, -0.05) is 80.4 Å². The molecule has 378 valence electrons. The number of carboxylic acids is 1. The highest BCUT2D eigenvalue weighted by Crippen LogP contribution is 2.20. The molecule has 2 saturated heterocycles. The number of likely N-dealkylation sites (tertiary alicyclic amines) is 1. The number of benzene rings is 2. The van der Waals surface area contributed by atoms with Gasteiger partial charge in [-0.15, -0.1) is 0 Å². The van der Waals surface area contributed by atoms with Gasteiger partial charge in [0.05, 0.1) is 12.6 Å². The van der Waals surface area contributed by atoms with Crippen molar-refractivity contribution in [2.24, 2.45) is 22.2 Å². The number of carbonyl (C=O) groups excluding carboxylic acids is 7. The van der Waals surface area contributed by atoms with Crippen LogP contribution in [0.5, 0.6) is 0 Å². The molecule has 2 heterocycles. The van der Waals surface area contributed by atoms with Crippen LogP contribution >= 0.6 is 0 Å². The molecule has 8 atom stereocenters. The van der Waals surface area contributed by atoms with Gasteiger partial charge in [0.15, 0.2) is 5.96 Å². The molecular formula is C47H70N12O10. The summed E-state index contributed by atoms with van der Waals surface area (Å²) in [5.74, 6) is -6.35. The first-order valence-corrected chi connectivity index (χ1v) is 23.7. The van der Waals surface area contributed by atoms with Crippen molar-refractivity contribution in [3.05, 3.63) is 71.8 Å². The number of rotatable bonds is 28. The number of hydrogen-bond donors (Lipinski definition) is 12. The minimum absolute atomic E-state index is 0.00814. The van der Waals surface area contributed by atoms with Gasteiger partial charge in [0.1, 0.15) is 42.3 Å². The summed E-state index contributed by atoms with van der Waals surface area (Å²) >= 11 is 0. The Kier molecular flexibility index (Phi) is 22.8. The van der Waals surface area contributed by atoms with Crippen LogP contribution in [0.4, 0.5) is 0 Å². The molecule has 7 amide bonds. The Morgan fingerprint density at radius 2 is 1.25 bits per heavy atom. The molecule has 2 aliphatic heterocycles. The summed E-state index contributed by atoms with van der Waals surface area (Å²) in [6.45, 7) is 1.53. The van der Waals surface area contributed by atoms with Crippen molar-refractivity contribution in [3.8, 4) is 0 Å². The molecule has 0 radical (unpaired) electrons. The lowest BCUT2D eigenvalue weighted by atomic mass is 10.0. The lowest BCUT2D eigenvalue weighted by molar-refractivity contribution is -0.149. The fourth-order valence-corrected chi connectivity index (χ4v) is 8.18. The van der Waals surface area contributed by atoms with Crippen LogP contribution in [0.3, 0.4) is 0 Å². The molecule has 2 aromatic rings. The Labute approximate surface area is 402 Å². The van der Waals surface area contributed by atoms with E-state index in [4.69, 9.17) is 17.2 Å². The van der Waals surface area contributed by atoms with Crippen LogP contribution < -0.4 is 54.4 Å². The summed E-state index contributed by atoms with van der Waals surface area (Å²) in [5.41, 5.74) is 18.5. The van der Waals surface area contributed by atoms with Gasteiger partial charge < -0.3 is 69.5 Å². The summed E-state index contributed by atoms with van der Waals surface area (Å²) < 4.78 is 0. The van der Waals surface area contributed by atoms with Gasteiger partial charge in [-0.05, 0) is 75.5 Å². The molecule has 0 aliphatic carbocycles. The van der Waals surface area contributed by atoms with E-state index < -0.39 is 103 Å². The highest BCUT2D eigenvalue weighted by Gasteiger charge is 2.39.